The topological polar surface area (TPSA) is 68.3 Å². The normalized spacial score (nSPS) is 11.8. The first-order chi connectivity index (χ1) is 12.6. The van der Waals surface area contributed by atoms with Gasteiger partial charge < -0.3 is 10.1 Å². The number of aromatic nitrogens is 1. The van der Waals surface area contributed by atoms with Crippen molar-refractivity contribution in [3.05, 3.63) is 66.2 Å². The molecule has 3 rings (SSSR count). The van der Waals surface area contributed by atoms with Crippen molar-refractivity contribution in [1.29, 1.82) is 0 Å². The van der Waals surface area contributed by atoms with Crippen molar-refractivity contribution in [3.8, 4) is 0 Å². The highest BCUT2D eigenvalue weighted by molar-refractivity contribution is 8.00. The maximum absolute atomic E-state index is 12.5. The third-order valence-corrected chi connectivity index (χ3v) is 4.83. The summed E-state index contributed by atoms with van der Waals surface area (Å²) in [6, 6.07) is 18.4. The number of amides is 1. The minimum Gasteiger partial charge on any atom is -0.465 e. The number of ether oxygens (including phenoxy) is 1. The van der Waals surface area contributed by atoms with Crippen molar-refractivity contribution in [2.75, 3.05) is 12.4 Å². The van der Waals surface area contributed by atoms with E-state index in [1.807, 2.05) is 43.3 Å². The van der Waals surface area contributed by atoms with Crippen molar-refractivity contribution in [2.45, 2.75) is 17.2 Å². The molecule has 0 aliphatic heterocycles. The largest absolute Gasteiger partial charge is 0.465 e. The molecule has 0 saturated heterocycles. The third kappa shape index (κ3) is 4.21. The number of esters is 1. The minimum atomic E-state index is -0.441. The Hall–Kier alpha value is -2.86. The van der Waals surface area contributed by atoms with Gasteiger partial charge in [-0.3, -0.25) is 4.79 Å². The fraction of sp³-hybridized carbons (Fsp3) is 0.150. The highest BCUT2D eigenvalue weighted by Crippen LogP contribution is 2.25. The van der Waals surface area contributed by atoms with E-state index in [0.717, 1.165) is 15.9 Å². The Labute approximate surface area is 155 Å². The Kier molecular flexibility index (Phi) is 5.53. The zero-order valence-corrected chi connectivity index (χ0v) is 15.2. The van der Waals surface area contributed by atoms with Crippen LogP contribution >= 0.6 is 11.8 Å². The molecule has 1 heterocycles. The Morgan fingerprint density at radius 1 is 1.08 bits per heavy atom. The Morgan fingerprint density at radius 3 is 2.69 bits per heavy atom. The summed E-state index contributed by atoms with van der Waals surface area (Å²) in [5.74, 6) is -0.601. The average Bonchev–Trinajstić information content (AvgIpc) is 2.67. The fourth-order valence-electron chi connectivity index (χ4n) is 2.43. The first-order valence-electron chi connectivity index (χ1n) is 8.08. The summed E-state index contributed by atoms with van der Waals surface area (Å²) >= 11 is 1.39. The van der Waals surface area contributed by atoms with Gasteiger partial charge in [0, 0.05) is 11.1 Å². The number of thioether (sulfide) groups is 1. The van der Waals surface area contributed by atoms with Crippen LogP contribution in [0.5, 0.6) is 0 Å². The summed E-state index contributed by atoms with van der Waals surface area (Å²) < 4.78 is 4.69. The standard InChI is InChI=1S/C20H18N2O3S/c1-13(26-18-11-10-14-6-3-4-9-17(14)22-18)19(23)21-16-8-5-7-15(12-16)20(24)25-2/h3-13H,1-2H3,(H,21,23). The second-order valence-electron chi connectivity index (χ2n) is 5.66. The van der Waals surface area contributed by atoms with Crippen LogP contribution in [0.15, 0.2) is 65.7 Å². The van der Waals surface area contributed by atoms with E-state index >= 15 is 0 Å². The predicted molar refractivity (Wildman–Crippen MR) is 103 cm³/mol. The number of hydrogen-bond acceptors (Lipinski definition) is 5. The number of rotatable bonds is 5. The van der Waals surface area contributed by atoms with Crippen LogP contribution in [-0.2, 0) is 9.53 Å². The van der Waals surface area contributed by atoms with Crippen LogP contribution in [-0.4, -0.2) is 29.2 Å². The maximum atomic E-state index is 12.5. The molecule has 0 bridgehead atoms. The lowest BCUT2D eigenvalue weighted by Gasteiger charge is -2.12. The van der Waals surface area contributed by atoms with Crippen LogP contribution in [0.2, 0.25) is 0 Å². The lowest BCUT2D eigenvalue weighted by atomic mass is 10.2. The lowest BCUT2D eigenvalue weighted by Crippen LogP contribution is -2.22. The second kappa shape index (κ2) is 8.01. The van der Waals surface area contributed by atoms with E-state index in [9.17, 15) is 9.59 Å². The van der Waals surface area contributed by atoms with Crippen LogP contribution < -0.4 is 5.32 Å². The predicted octanol–water partition coefficient (Wildman–Crippen LogP) is 4.14. The average molecular weight is 366 g/mol. The molecule has 1 aromatic heterocycles. The van der Waals surface area contributed by atoms with Gasteiger partial charge in [-0.25, -0.2) is 9.78 Å². The van der Waals surface area contributed by atoms with Gasteiger partial charge >= 0.3 is 5.97 Å². The number of carbonyl (C=O) groups is 2. The summed E-state index contributed by atoms with van der Waals surface area (Å²) in [4.78, 5) is 28.6. The van der Waals surface area contributed by atoms with Gasteiger partial charge in [0.25, 0.3) is 0 Å². The van der Waals surface area contributed by atoms with Crippen LogP contribution in [0.4, 0.5) is 5.69 Å². The van der Waals surface area contributed by atoms with Gasteiger partial charge in [-0.1, -0.05) is 42.1 Å². The van der Waals surface area contributed by atoms with Gasteiger partial charge in [-0.15, -0.1) is 0 Å². The second-order valence-corrected chi connectivity index (χ2v) is 7.02. The molecule has 3 aromatic rings. The molecule has 5 nitrogen and oxygen atoms in total. The fourth-order valence-corrected chi connectivity index (χ4v) is 3.26. The van der Waals surface area contributed by atoms with Crippen molar-refractivity contribution in [1.82, 2.24) is 4.98 Å². The van der Waals surface area contributed by atoms with Crippen molar-refractivity contribution >= 4 is 40.2 Å². The number of nitrogens with zero attached hydrogens (tertiary/aromatic N) is 1. The molecule has 1 unspecified atom stereocenters. The number of benzene rings is 2. The number of fused-ring (bicyclic) bond motifs is 1. The number of anilines is 1. The smallest absolute Gasteiger partial charge is 0.337 e. The molecule has 0 aliphatic carbocycles. The van der Waals surface area contributed by atoms with E-state index in [0.29, 0.717) is 11.3 Å². The Morgan fingerprint density at radius 2 is 1.88 bits per heavy atom. The molecular weight excluding hydrogens is 348 g/mol. The molecule has 2 aromatic carbocycles. The summed E-state index contributed by atoms with van der Waals surface area (Å²) in [6.45, 7) is 1.82. The van der Waals surface area contributed by atoms with Gasteiger partial charge in [0.15, 0.2) is 0 Å². The van der Waals surface area contributed by atoms with Crippen molar-refractivity contribution in [3.63, 3.8) is 0 Å². The number of hydrogen-bond donors (Lipinski definition) is 1. The monoisotopic (exact) mass is 366 g/mol. The van der Waals surface area contributed by atoms with E-state index < -0.39 is 5.97 Å². The molecule has 6 heteroatoms. The van der Waals surface area contributed by atoms with Crippen molar-refractivity contribution in [2.24, 2.45) is 0 Å². The minimum absolute atomic E-state index is 0.160. The van der Waals surface area contributed by atoms with Gasteiger partial charge in [0.1, 0.15) is 0 Å². The van der Waals surface area contributed by atoms with Crippen molar-refractivity contribution < 1.29 is 14.3 Å². The highest BCUT2D eigenvalue weighted by Gasteiger charge is 2.16. The van der Waals surface area contributed by atoms with Crippen LogP contribution in [0.25, 0.3) is 10.9 Å². The first kappa shape index (κ1) is 17.9. The van der Waals surface area contributed by atoms with E-state index in [-0.39, 0.29) is 11.2 Å². The van der Waals surface area contributed by atoms with E-state index in [4.69, 9.17) is 4.74 Å². The van der Waals surface area contributed by atoms with E-state index in [1.165, 1.54) is 18.9 Å². The van der Waals surface area contributed by atoms with Gasteiger partial charge in [-0.05, 0) is 37.3 Å². The first-order valence-corrected chi connectivity index (χ1v) is 8.96. The number of nitrogens with one attached hydrogen (secondary N) is 1. The molecule has 1 atom stereocenters. The number of para-hydroxylation sites is 1. The summed E-state index contributed by atoms with van der Waals surface area (Å²) in [6.07, 6.45) is 0. The molecule has 132 valence electrons. The summed E-state index contributed by atoms with van der Waals surface area (Å²) in [5.41, 5.74) is 1.84. The molecule has 26 heavy (non-hydrogen) atoms. The lowest BCUT2D eigenvalue weighted by molar-refractivity contribution is -0.115. The van der Waals surface area contributed by atoms with Crippen LogP contribution in [0.1, 0.15) is 17.3 Å². The molecule has 0 fully saturated rings. The van der Waals surface area contributed by atoms with Gasteiger partial charge in [0.2, 0.25) is 5.91 Å². The SMILES string of the molecule is COC(=O)c1cccc(NC(=O)C(C)Sc2ccc3ccccc3n2)c1. The number of methoxy groups -OCH3 is 1. The number of pyridine rings is 1. The molecular formula is C20H18N2O3S. The Balaban J connectivity index is 1.68. The van der Waals surface area contributed by atoms with Gasteiger partial charge in [0.05, 0.1) is 28.5 Å². The molecule has 0 saturated carbocycles. The van der Waals surface area contributed by atoms with Crippen LogP contribution in [0, 0.1) is 0 Å². The molecule has 0 spiro atoms. The highest BCUT2D eigenvalue weighted by atomic mass is 32.2. The number of carbonyl (C=O) groups excluding carboxylic acids is 2. The van der Waals surface area contributed by atoms with E-state index in [2.05, 4.69) is 10.3 Å². The summed E-state index contributed by atoms with van der Waals surface area (Å²) in [7, 11) is 1.32. The zero-order valence-electron chi connectivity index (χ0n) is 14.4. The zero-order chi connectivity index (χ0) is 18.5. The van der Waals surface area contributed by atoms with Crippen LogP contribution in [0.3, 0.4) is 0 Å². The molecule has 0 aliphatic rings. The van der Waals surface area contributed by atoms with E-state index in [1.54, 1.807) is 24.3 Å². The maximum Gasteiger partial charge on any atom is 0.337 e. The quantitative estimate of drug-likeness (QED) is 0.543. The molecule has 1 N–H and O–H groups in total. The third-order valence-electron chi connectivity index (χ3n) is 3.79. The Bertz CT molecular complexity index is 958. The molecule has 1 amide bonds. The summed E-state index contributed by atoms with van der Waals surface area (Å²) in [5, 5.41) is 4.33. The van der Waals surface area contributed by atoms with Gasteiger partial charge in [-0.2, -0.15) is 0 Å². The molecule has 0 radical (unpaired) electrons.